The number of rotatable bonds is 4. The number of sulfonamides is 1. The fourth-order valence-corrected chi connectivity index (χ4v) is 4.92. The van der Waals surface area contributed by atoms with Crippen LogP contribution in [-0.4, -0.2) is 25.5 Å². The maximum Gasteiger partial charge on any atom is 0.335 e. The predicted octanol–water partition coefficient (Wildman–Crippen LogP) is 3.00. The van der Waals surface area contributed by atoms with Gasteiger partial charge in [-0.2, -0.15) is 0 Å². The van der Waals surface area contributed by atoms with Crippen LogP contribution >= 0.6 is 15.9 Å². The summed E-state index contributed by atoms with van der Waals surface area (Å²) in [6, 6.07) is 3.88. The van der Waals surface area contributed by atoms with E-state index in [2.05, 4.69) is 34.5 Å². The molecule has 2 rings (SSSR count). The smallest absolute Gasteiger partial charge is 0.335 e. The zero-order valence-electron chi connectivity index (χ0n) is 11.9. The Hall–Kier alpha value is -0.920. The monoisotopic (exact) mass is 375 g/mol. The minimum absolute atomic E-state index is 0.0351. The summed E-state index contributed by atoms with van der Waals surface area (Å²) >= 11 is 3.18. The molecule has 0 aliphatic heterocycles. The number of nitrogens with one attached hydrogen (secondary N) is 1. The molecule has 0 spiro atoms. The minimum Gasteiger partial charge on any atom is -0.478 e. The number of carboxylic acids is 1. The van der Waals surface area contributed by atoms with Gasteiger partial charge in [0.1, 0.15) is 0 Å². The van der Waals surface area contributed by atoms with Crippen LogP contribution in [0.2, 0.25) is 0 Å². The zero-order chi connectivity index (χ0) is 15.8. The summed E-state index contributed by atoms with van der Waals surface area (Å²) in [6.45, 7) is 4.23. The molecule has 2 N–H and O–H groups in total. The summed E-state index contributed by atoms with van der Waals surface area (Å²) < 4.78 is 28.0. The summed E-state index contributed by atoms with van der Waals surface area (Å²) in [5.41, 5.74) is 0.0816. The largest absolute Gasteiger partial charge is 0.478 e. The van der Waals surface area contributed by atoms with Crippen LogP contribution in [-0.2, 0) is 10.0 Å². The van der Waals surface area contributed by atoms with Crippen molar-refractivity contribution in [1.82, 2.24) is 4.72 Å². The van der Waals surface area contributed by atoms with Crippen LogP contribution in [0.3, 0.4) is 0 Å². The molecule has 0 heterocycles. The molecule has 1 fully saturated rings. The van der Waals surface area contributed by atoms with Crippen LogP contribution in [0.15, 0.2) is 27.6 Å². The van der Waals surface area contributed by atoms with E-state index in [9.17, 15) is 13.2 Å². The molecule has 7 heteroatoms. The second-order valence-corrected chi connectivity index (χ2v) is 8.71. The second kappa shape index (κ2) is 5.70. The van der Waals surface area contributed by atoms with Gasteiger partial charge in [0.25, 0.3) is 0 Å². The van der Waals surface area contributed by atoms with Gasteiger partial charge < -0.3 is 5.11 Å². The Bertz CT molecular complexity index is 670. The Morgan fingerprint density at radius 1 is 1.43 bits per heavy atom. The van der Waals surface area contributed by atoms with Crippen molar-refractivity contribution in [2.75, 3.05) is 0 Å². The summed E-state index contributed by atoms with van der Waals surface area (Å²) in [4.78, 5) is 11.0. The molecule has 0 bridgehead atoms. The van der Waals surface area contributed by atoms with Crippen molar-refractivity contribution in [1.29, 1.82) is 0 Å². The molecule has 1 saturated carbocycles. The molecule has 1 aromatic carbocycles. The third-order valence-corrected chi connectivity index (χ3v) is 6.27. The normalized spacial score (nSPS) is 21.4. The second-order valence-electron chi connectivity index (χ2n) is 6.18. The molecule has 0 radical (unpaired) electrons. The Kier molecular flexibility index (Phi) is 4.46. The number of benzene rings is 1. The minimum atomic E-state index is -3.74. The van der Waals surface area contributed by atoms with Crippen LogP contribution in [0.4, 0.5) is 0 Å². The highest BCUT2D eigenvalue weighted by Gasteiger charge is 2.34. The standard InChI is InChI=1S/C14H18BrNO4S/c1-14(2)6-5-10(8-14)16-21(19,20)12-7-9(13(17)18)3-4-11(12)15/h3-4,7,10,16H,5-6,8H2,1-2H3,(H,17,18). The summed E-state index contributed by atoms with van der Waals surface area (Å²) in [5, 5.41) is 8.99. The molecular formula is C14H18BrNO4S. The van der Waals surface area contributed by atoms with Crippen molar-refractivity contribution < 1.29 is 18.3 Å². The van der Waals surface area contributed by atoms with E-state index in [1.165, 1.54) is 18.2 Å². The van der Waals surface area contributed by atoms with Crippen molar-refractivity contribution in [2.45, 2.75) is 44.0 Å². The van der Waals surface area contributed by atoms with Gasteiger partial charge in [-0.1, -0.05) is 13.8 Å². The first-order valence-electron chi connectivity index (χ1n) is 6.66. The summed E-state index contributed by atoms with van der Waals surface area (Å²) in [5.74, 6) is -1.15. The number of hydrogen-bond donors (Lipinski definition) is 2. The quantitative estimate of drug-likeness (QED) is 0.846. The molecular weight excluding hydrogens is 358 g/mol. The third-order valence-electron chi connectivity index (χ3n) is 3.76. The van der Waals surface area contributed by atoms with Crippen molar-refractivity contribution >= 4 is 31.9 Å². The van der Waals surface area contributed by atoms with Crippen LogP contribution < -0.4 is 4.72 Å². The highest BCUT2D eigenvalue weighted by molar-refractivity contribution is 9.10. The molecule has 1 aromatic rings. The fourth-order valence-electron chi connectivity index (χ4n) is 2.66. The molecule has 1 aliphatic rings. The van der Waals surface area contributed by atoms with E-state index in [4.69, 9.17) is 5.11 Å². The van der Waals surface area contributed by atoms with E-state index in [1.807, 2.05) is 0 Å². The van der Waals surface area contributed by atoms with Crippen LogP contribution in [0, 0.1) is 5.41 Å². The molecule has 1 aliphatic carbocycles. The van der Waals surface area contributed by atoms with Crippen molar-refractivity contribution in [3.05, 3.63) is 28.2 Å². The Morgan fingerprint density at radius 2 is 2.10 bits per heavy atom. The highest BCUT2D eigenvalue weighted by Crippen LogP contribution is 2.37. The Balaban J connectivity index is 2.28. The van der Waals surface area contributed by atoms with E-state index < -0.39 is 16.0 Å². The number of hydrogen-bond acceptors (Lipinski definition) is 3. The first-order chi connectivity index (χ1) is 9.61. The zero-order valence-corrected chi connectivity index (χ0v) is 14.3. The lowest BCUT2D eigenvalue weighted by atomic mass is 9.92. The van der Waals surface area contributed by atoms with Crippen molar-refractivity contribution in [3.8, 4) is 0 Å². The van der Waals surface area contributed by atoms with Gasteiger partial charge in [-0.05, 0) is 58.8 Å². The van der Waals surface area contributed by atoms with Crippen molar-refractivity contribution in [2.24, 2.45) is 5.41 Å². The first kappa shape index (κ1) is 16.5. The lowest BCUT2D eigenvalue weighted by Gasteiger charge is -2.18. The fraction of sp³-hybridized carbons (Fsp3) is 0.500. The third kappa shape index (κ3) is 3.84. The molecule has 116 valence electrons. The molecule has 21 heavy (non-hydrogen) atoms. The van der Waals surface area contributed by atoms with Crippen LogP contribution in [0.1, 0.15) is 43.5 Å². The maximum atomic E-state index is 12.5. The van der Waals surface area contributed by atoms with E-state index in [0.717, 1.165) is 19.3 Å². The van der Waals surface area contributed by atoms with E-state index in [0.29, 0.717) is 4.47 Å². The maximum absolute atomic E-state index is 12.5. The first-order valence-corrected chi connectivity index (χ1v) is 8.93. The summed E-state index contributed by atoms with van der Waals surface area (Å²) in [7, 11) is -3.74. The topological polar surface area (TPSA) is 83.5 Å². The van der Waals surface area contributed by atoms with Gasteiger partial charge in [0, 0.05) is 10.5 Å². The number of aromatic carboxylic acids is 1. The van der Waals surface area contributed by atoms with Gasteiger partial charge in [0.15, 0.2) is 0 Å². The molecule has 1 unspecified atom stereocenters. The van der Waals surface area contributed by atoms with Crippen LogP contribution in [0.25, 0.3) is 0 Å². The average Bonchev–Trinajstić information content (AvgIpc) is 2.67. The SMILES string of the molecule is CC1(C)CCC(NS(=O)(=O)c2cc(C(=O)O)ccc2Br)C1. The average molecular weight is 376 g/mol. The van der Waals surface area contributed by atoms with Gasteiger partial charge in [-0.3, -0.25) is 0 Å². The number of carbonyl (C=O) groups is 1. The van der Waals surface area contributed by atoms with Gasteiger partial charge >= 0.3 is 5.97 Å². The Labute approximate surface area is 132 Å². The summed E-state index contributed by atoms with van der Waals surface area (Å²) in [6.07, 6.45) is 2.54. The van der Waals surface area contributed by atoms with E-state index in [1.54, 1.807) is 0 Å². The number of carboxylic acid groups (broad SMARTS) is 1. The van der Waals surface area contributed by atoms with Gasteiger partial charge in [-0.25, -0.2) is 17.9 Å². The molecule has 5 nitrogen and oxygen atoms in total. The predicted molar refractivity (Wildman–Crippen MR) is 82.8 cm³/mol. The van der Waals surface area contributed by atoms with Gasteiger partial charge in [0.05, 0.1) is 10.5 Å². The highest BCUT2D eigenvalue weighted by atomic mass is 79.9. The lowest BCUT2D eigenvalue weighted by molar-refractivity contribution is 0.0696. The number of halogens is 1. The molecule has 1 atom stereocenters. The van der Waals surface area contributed by atoms with Crippen molar-refractivity contribution in [3.63, 3.8) is 0 Å². The van der Waals surface area contributed by atoms with E-state index in [-0.39, 0.29) is 21.9 Å². The molecule has 0 amide bonds. The van der Waals surface area contributed by atoms with E-state index >= 15 is 0 Å². The molecule has 0 saturated heterocycles. The van der Waals surface area contributed by atoms with Gasteiger partial charge in [-0.15, -0.1) is 0 Å². The lowest BCUT2D eigenvalue weighted by Crippen LogP contribution is -2.33. The molecule has 0 aromatic heterocycles. The van der Waals surface area contributed by atoms with Gasteiger partial charge in [0.2, 0.25) is 10.0 Å². The van der Waals surface area contributed by atoms with Crippen LogP contribution in [0.5, 0.6) is 0 Å². The Morgan fingerprint density at radius 3 is 2.62 bits per heavy atom.